The molecule has 0 saturated carbocycles. The molecule has 2 rings (SSSR count). The Balaban J connectivity index is 2.13. The van der Waals surface area contributed by atoms with Gasteiger partial charge in [0.15, 0.2) is 0 Å². The predicted octanol–water partition coefficient (Wildman–Crippen LogP) is 3.78. The van der Waals surface area contributed by atoms with Crippen molar-refractivity contribution in [1.29, 1.82) is 0 Å². The van der Waals surface area contributed by atoms with E-state index in [2.05, 4.69) is 0 Å². The topological polar surface area (TPSA) is 29.1 Å². The number of benzene rings is 2. The molecule has 2 nitrogen and oxygen atoms in total. The van der Waals surface area contributed by atoms with Crippen LogP contribution >= 0.6 is 11.8 Å². The number of halogens is 3. The monoisotopic (exact) mass is 313 g/mol. The van der Waals surface area contributed by atoms with E-state index in [1.54, 1.807) is 11.8 Å². The molecule has 2 aromatic carbocycles. The van der Waals surface area contributed by atoms with Crippen LogP contribution in [0.25, 0.3) is 10.8 Å². The van der Waals surface area contributed by atoms with Gasteiger partial charge in [-0.3, -0.25) is 4.79 Å². The molecule has 2 aromatic rings. The molecule has 0 atom stereocenters. The molecule has 112 valence electrons. The summed E-state index contributed by atoms with van der Waals surface area (Å²) in [5, 5.41) is 3.94. The Morgan fingerprint density at radius 2 is 2.00 bits per heavy atom. The van der Waals surface area contributed by atoms with Crippen LogP contribution in [-0.2, 0) is 11.2 Å². The smallest absolute Gasteiger partial charge is 0.348 e. The number of hydrogen-bond donors (Lipinski definition) is 1. The number of carbonyl (C=O) groups is 1. The SMILES string of the molecule is CSc1ccc2cccc(CCNC(=O)C(F)(F)F)c2c1. The summed E-state index contributed by atoms with van der Waals surface area (Å²) in [5.41, 5.74) is 0.922. The van der Waals surface area contributed by atoms with Gasteiger partial charge in [0.05, 0.1) is 0 Å². The fourth-order valence-electron chi connectivity index (χ4n) is 2.07. The highest BCUT2D eigenvalue weighted by atomic mass is 32.2. The molecule has 0 unspecified atom stereocenters. The molecule has 0 aliphatic heterocycles. The van der Waals surface area contributed by atoms with Crippen molar-refractivity contribution in [2.75, 3.05) is 12.8 Å². The summed E-state index contributed by atoms with van der Waals surface area (Å²) in [6.07, 6.45) is -2.50. The predicted molar refractivity (Wildman–Crippen MR) is 78.5 cm³/mol. The summed E-state index contributed by atoms with van der Waals surface area (Å²) in [5.74, 6) is -1.90. The molecule has 0 heterocycles. The van der Waals surface area contributed by atoms with Gasteiger partial charge in [-0.1, -0.05) is 24.3 Å². The van der Waals surface area contributed by atoms with Gasteiger partial charge in [0, 0.05) is 11.4 Å². The highest BCUT2D eigenvalue weighted by molar-refractivity contribution is 7.98. The summed E-state index contributed by atoms with van der Waals surface area (Å²) in [6, 6.07) is 11.7. The van der Waals surface area contributed by atoms with E-state index in [0.717, 1.165) is 21.2 Å². The quantitative estimate of drug-likeness (QED) is 0.870. The van der Waals surface area contributed by atoms with E-state index in [-0.39, 0.29) is 6.54 Å². The molecule has 0 aromatic heterocycles. The van der Waals surface area contributed by atoms with Crippen LogP contribution in [0.5, 0.6) is 0 Å². The number of thioether (sulfide) groups is 1. The van der Waals surface area contributed by atoms with Crippen molar-refractivity contribution >= 4 is 28.4 Å². The number of fused-ring (bicyclic) bond motifs is 1. The van der Waals surface area contributed by atoms with Gasteiger partial charge in [-0.2, -0.15) is 13.2 Å². The number of amides is 1. The first-order valence-corrected chi connectivity index (χ1v) is 7.55. The first-order chi connectivity index (χ1) is 9.91. The second-order valence-corrected chi connectivity index (χ2v) is 5.39. The van der Waals surface area contributed by atoms with Crippen LogP contribution in [0.15, 0.2) is 41.3 Å². The molecule has 0 spiro atoms. The van der Waals surface area contributed by atoms with E-state index in [0.29, 0.717) is 6.42 Å². The van der Waals surface area contributed by atoms with Gasteiger partial charge in [0.1, 0.15) is 0 Å². The third kappa shape index (κ3) is 3.91. The summed E-state index contributed by atoms with van der Waals surface area (Å²) < 4.78 is 36.3. The van der Waals surface area contributed by atoms with Crippen LogP contribution < -0.4 is 5.32 Å². The maximum absolute atomic E-state index is 12.1. The van der Waals surface area contributed by atoms with Crippen molar-refractivity contribution in [2.45, 2.75) is 17.5 Å². The van der Waals surface area contributed by atoms with Gasteiger partial charge in [-0.25, -0.2) is 0 Å². The van der Waals surface area contributed by atoms with Crippen molar-refractivity contribution in [3.63, 3.8) is 0 Å². The minimum absolute atomic E-state index is 0.0407. The fraction of sp³-hybridized carbons (Fsp3) is 0.267. The van der Waals surface area contributed by atoms with Crippen LogP contribution in [0.3, 0.4) is 0 Å². The molecule has 0 radical (unpaired) electrons. The Bertz CT molecular complexity index is 655. The lowest BCUT2D eigenvalue weighted by Gasteiger charge is -2.10. The zero-order valence-corrected chi connectivity index (χ0v) is 12.1. The molecular weight excluding hydrogens is 299 g/mol. The van der Waals surface area contributed by atoms with E-state index >= 15 is 0 Å². The molecule has 0 fully saturated rings. The third-order valence-electron chi connectivity index (χ3n) is 3.12. The lowest BCUT2D eigenvalue weighted by molar-refractivity contribution is -0.173. The van der Waals surface area contributed by atoms with E-state index in [4.69, 9.17) is 0 Å². The Kier molecular flexibility index (Phi) is 4.77. The van der Waals surface area contributed by atoms with Crippen LogP contribution in [0.2, 0.25) is 0 Å². The maximum atomic E-state index is 12.1. The minimum atomic E-state index is -4.83. The maximum Gasteiger partial charge on any atom is 0.471 e. The molecular formula is C15H14F3NOS. The average Bonchev–Trinajstić information content (AvgIpc) is 2.45. The molecule has 0 bridgehead atoms. The van der Waals surface area contributed by atoms with Crippen LogP contribution in [0.4, 0.5) is 13.2 Å². The Labute approximate surface area is 124 Å². The zero-order valence-electron chi connectivity index (χ0n) is 11.3. The highest BCUT2D eigenvalue weighted by Crippen LogP contribution is 2.25. The molecule has 6 heteroatoms. The third-order valence-corrected chi connectivity index (χ3v) is 3.84. The van der Waals surface area contributed by atoms with Crippen molar-refractivity contribution in [2.24, 2.45) is 0 Å². The van der Waals surface area contributed by atoms with Crippen molar-refractivity contribution < 1.29 is 18.0 Å². The average molecular weight is 313 g/mol. The standard InChI is InChI=1S/C15H14F3NOS/c1-21-12-6-5-10-3-2-4-11(13(10)9-12)7-8-19-14(20)15(16,17)18/h2-6,9H,7-8H2,1H3,(H,19,20). The van der Waals surface area contributed by atoms with E-state index in [1.165, 1.54) is 0 Å². The van der Waals surface area contributed by atoms with Crippen molar-refractivity contribution in [3.05, 3.63) is 42.0 Å². The minimum Gasteiger partial charge on any atom is -0.348 e. The number of nitrogens with one attached hydrogen (secondary N) is 1. The lowest BCUT2D eigenvalue weighted by Crippen LogP contribution is -2.37. The fourth-order valence-corrected chi connectivity index (χ4v) is 2.51. The lowest BCUT2D eigenvalue weighted by atomic mass is 10.0. The van der Waals surface area contributed by atoms with Gasteiger partial charge in [0.2, 0.25) is 0 Å². The highest BCUT2D eigenvalue weighted by Gasteiger charge is 2.38. The molecule has 21 heavy (non-hydrogen) atoms. The first kappa shape index (κ1) is 15.7. The zero-order chi connectivity index (χ0) is 15.5. The first-order valence-electron chi connectivity index (χ1n) is 6.32. The van der Waals surface area contributed by atoms with Crippen molar-refractivity contribution in [3.8, 4) is 0 Å². The Hall–Kier alpha value is -1.69. The van der Waals surface area contributed by atoms with Crippen molar-refractivity contribution in [1.82, 2.24) is 5.32 Å². The van der Waals surface area contributed by atoms with Gasteiger partial charge in [-0.05, 0) is 41.1 Å². The van der Waals surface area contributed by atoms with Gasteiger partial charge >= 0.3 is 12.1 Å². The summed E-state index contributed by atoms with van der Waals surface area (Å²) in [7, 11) is 0. The molecule has 1 N–H and O–H groups in total. The normalized spacial score (nSPS) is 11.6. The summed E-state index contributed by atoms with van der Waals surface area (Å²) >= 11 is 1.61. The van der Waals surface area contributed by atoms with Gasteiger partial charge < -0.3 is 5.32 Å². The molecule has 1 amide bonds. The second kappa shape index (κ2) is 6.39. The number of alkyl halides is 3. The Morgan fingerprint density at radius 3 is 2.67 bits per heavy atom. The van der Waals surface area contributed by atoms with Gasteiger partial charge in [-0.15, -0.1) is 11.8 Å². The molecule has 0 aliphatic rings. The van der Waals surface area contributed by atoms with Crippen LogP contribution in [-0.4, -0.2) is 24.9 Å². The van der Waals surface area contributed by atoms with E-state index in [9.17, 15) is 18.0 Å². The molecule has 0 saturated heterocycles. The number of rotatable bonds is 4. The summed E-state index contributed by atoms with van der Waals surface area (Å²) in [6.45, 7) is -0.0407. The number of carbonyl (C=O) groups excluding carboxylic acids is 1. The molecule has 0 aliphatic carbocycles. The summed E-state index contributed by atoms with van der Waals surface area (Å²) in [4.78, 5) is 11.9. The van der Waals surface area contributed by atoms with Crippen LogP contribution in [0, 0.1) is 0 Å². The number of hydrogen-bond acceptors (Lipinski definition) is 2. The van der Waals surface area contributed by atoms with Crippen LogP contribution in [0.1, 0.15) is 5.56 Å². The van der Waals surface area contributed by atoms with E-state index in [1.807, 2.05) is 48.0 Å². The Morgan fingerprint density at radius 1 is 1.24 bits per heavy atom. The second-order valence-electron chi connectivity index (χ2n) is 4.51. The van der Waals surface area contributed by atoms with E-state index < -0.39 is 12.1 Å². The van der Waals surface area contributed by atoms with Gasteiger partial charge in [0.25, 0.3) is 0 Å². The largest absolute Gasteiger partial charge is 0.471 e.